The van der Waals surface area contributed by atoms with Gasteiger partial charge in [0, 0.05) is 26.2 Å². The number of fused-ring (bicyclic) bond motifs is 2. The summed E-state index contributed by atoms with van der Waals surface area (Å²) >= 11 is 0. The molecule has 136 valence electrons. The molecule has 0 unspecified atom stereocenters. The SMILES string of the molecule is O=C1c2ccccc2OCCN1C[C@H](O)CN1CCc2ccccc2C1. The zero-order chi connectivity index (χ0) is 17.9. The standard InChI is InChI=1S/C21H24N2O3/c24-18(14-22-10-9-16-5-1-2-6-17(16)13-22)15-23-11-12-26-20-8-4-3-7-19(20)21(23)25/h1-8,18,24H,9-15H2/t18-/m1/s1. The van der Waals surface area contributed by atoms with Gasteiger partial charge >= 0.3 is 0 Å². The molecule has 2 aliphatic heterocycles. The van der Waals surface area contributed by atoms with Gasteiger partial charge in [0.2, 0.25) is 0 Å². The molecule has 2 aliphatic rings. The molecule has 0 saturated carbocycles. The summed E-state index contributed by atoms with van der Waals surface area (Å²) in [6.45, 7) is 3.64. The van der Waals surface area contributed by atoms with Gasteiger partial charge in [0.05, 0.1) is 18.2 Å². The number of β-amino-alcohol motifs (C(OH)–C–C–N with tert-alkyl or cyclic N) is 1. The van der Waals surface area contributed by atoms with Crippen LogP contribution in [0.5, 0.6) is 5.75 Å². The number of carbonyl (C=O) groups is 1. The van der Waals surface area contributed by atoms with Crippen LogP contribution in [0, 0.1) is 0 Å². The third-order valence-electron chi connectivity index (χ3n) is 5.13. The minimum absolute atomic E-state index is 0.0684. The number of nitrogens with zero attached hydrogens (tertiary/aromatic N) is 2. The Morgan fingerprint density at radius 1 is 1.00 bits per heavy atom. The van der Waals surface area contributed by atoms with Crippen LogP contribution in [0.3, 0.4) is 0 Å². The van der Waals surface area contributed by atoms with E-state index in [1.807, 2.05) is 18.2 Å². The third-order valence-corrected chi connectivity index (χ3v) is 5.13. The van der Waals surface area contributed by atoms with Gasteiger partial charge in [-0.1, -0.05) is 36.4 Å². The molecule has 0 saturated heterocycles. The summed E-state index contributed by atoms with van der Waals surface area (Å²) in [5.41, 5.74) is 3.30. The lowest BCUT2D eigenvalue weighted by molar-refractivity contribution is 0.0501. The second-order valence-corrected chi connectivity index (χ2v) is 7.00. The Labute approximate surface area is 153 Å². The summed E-state index contributed by atoms with van der Waals surface area (Å²) < 4.78 is 5.67. The Hall–Kier alpha value is -2.37. The molecule has 4 rings (SSSR count). The van der Waals surface area contributed by atoms with Crippen LogP contribution in [0.25, 0.3) is 0 Å². The van der Waals surface area contributed by atoms with E-state index in [0.717, 1.165) is 19.5 Å². The van der Waals surface area contributed by atoms with Crippen molar-refractivity contribution in [2.45, 2.75) is 19.1 Å². The third kappa shape index (κ3) is 3.59. The van der Waals surface area contributed by atoms with Gasteiger partial charge in [0.15, 0.2) is 0 Å². The van der Waals surface area contributed by atoms with Gasteiger partial charge in [0.1, 0.15) is 12.4 Å². The summed E-state index contributed by atoms with van der Waals surface area (Å²) in [4.78, 5) is 16.7. The minimum atomic E-state index is -0.575. The molecule has 0 bridgehead atoms. The van der Waals surface area contributed by atoms with E-state index in [4.69, 9.17) is 4.74 Å². The molecule has 26 heavy (non-hydrogen) atoms. The lowest BCUT2D eigenvalue weighted by Gasteiger charge is -2.32. The first-order chi connectivity index (χ1) is 12.7. The molecule has 5 nitrogen and oxygen atoms in total. The van der Waals surface area contributed by atoms with Crippen molar-refractivity contribution >= 4 is 5.91 Å². The summed E-state index contributed by atoms with van der Waals surface area (Å²) in [6.07, 6.45) is 0.432. The number of benzene rings is 2. The Balaban J connectivity index is 1.38. The van der Waals surface area contributed by atoms with Gasteiger partial charge in [-0.2, -0.15) is 0 Å². The van der Waals surface area contributed by atoms with Crippen molar-refractivity contribution in [1.82, 2.24) is 9.80 Å². The maximum atomic E-state index is 12.7. The van der Waals surface area contributed by atoms with Gasteiger partial charge in [-0.15, -0.1) is 0 Å². The number of hydrogen-bond acceptors (Lipinski definition) is 4. The Morgan fingerprint density at radius 2 is 1.77 bits per heavy atom. The lowest BCUT2D eigenvalue weighted by atomic mass is 10.00. The van der Waals surface area contributed by atoms with Crippen LogP contribution in [0.2, 0.25) is 0 Å². The van der Waals surface area contributed by atoms with E-state index in [9.17, 15) is 9.90 Å². The van der Waals surface area contributed by atoms with E-state index in [1.54, 1.807) is 11.0 Å². The van der Waals surface area contributed by atoms with Gasteiger partial charge in [-0.25, -0.2) is 0 Å². The number of aliphatic hydroxyl groups excluding tert-OH is 1. The van der Waals surface area contributed by atoms with Crippen molar-refractivity contribution < 1.29 is 14.6 Å². The van der Waals surface area contributed by atoms with Crippen LogP contribution >= 0.6 is 0 Å². The predicted molar refractivity (Wildman–Crippen MR) is 99.3 cm³/mol. The quantitative estimate of drug-likeness (QED) is 0.914. The minimum Gasteiger partial charge on any atom is -0.491 e. The molecule has 2 aromatic carbocycles. The maximum absolute atomic E-state index is 12.7. The average Bonchev–Trinajstić information content (AvgIpc) is 2.81. The fraction of sp³-hybridized carbons (Fsp3) is 0.381. The lowest BCUT2D eigenvalue weighted by Crippen LogP contribution is -2.44. The van der Waals surface area contributed by atoms with Crippen molar-refractivity contribution in [2.24, 2.45) is 0 Å². The Morgan fingerprint density at radius 3 is 2.65 bits per heavy atom. The van der Waals surface area contributed by atoms with Crippen LogP contribution in [-0.2, 0) is 13.0 Å². The molecule has 1 amide bonds. The molecule has 0 fully saturated rings. The monoisotopic (exact) mass is 352 g/mol. The van der Waals surface area contributed by atoms with Crippen molar-refractivity contribution in [3.63, 3.8) is 0 Å². The van der Waals surface area contributed by atoms with Crippen LogP contribution in [0.4, 0.5) is 0 Å². The summed E-state index contributed by atoms with van der Waals surface area (Å²) in [7, 11) is 0. The molecule has 0 aliphatic carbocycles. The second kappa shape index (κ2) is 7.48. The molecule has 1 atom stereocenters. The van der Waals surface area contributed by atoms with E-state index in [0.29, 0.717) is 37.6 Å². The normalized spacial score (nSPS) is 18.5. The number of aliphatic hydroxyl groups is 1. The highest BCUT2D eigenvalue weighted by Gasteiger charge is 2.26. The number of hydrogen-bond donors (Lipinski definition) is 1. The van der Waals surface area contributed by atoms with E-state index in [-0.39, 0.29) is 5.91 Å². The van der Waals surface area contributed by atoms with Gasteiger partial charge in [-0.3, -0.25) is 9.69 Å². The van der Waals surface area contributed by atoms with Crippen LogP contribution < -0.4 is 4.74 Å². The van der Waals surface area contributed by atoms with E-state index in [2.05, 4.69) is 29.2 Å². The van der Waals surface area contributed by atoms with Crippen LogP contribution in [0.1, 0.15) is 21.5 Å². The molecule has 2 heterocycles. The zero-order valence-corrected chi connectivity index (χ0v) is 14.8. The fourth-order valence-corrected chi connectivity index (χ4v) is 3.80. The number of ether oxygens (including phenoxy) is 1. The van der Waals surface area contributed by atoms with Gasteiger partial charge < -0.3 is 14.7 Å². The number of para-hydroxylation sites is 1. The molecule has 0 aromatic heterocycles. The molecule has 1 N–H and O–H groups in total. The second-order valence-electron chi connectivity index (χ2n) is 7.00. The average molecular weight is 352 g/mol. The van der Waals surface area contributed by atoms with Crippen LogP contribution in [0.15, 0.2) is 48.5 Å². The molecule has 0 spiro atoms. The number of rotatable bonds is 4. The molecule has 0 radical (unpaired) electrons. The van der Waals surface area contributed by atoms with Crippen molar-refractivity contribution in [3.05, 3.63) is 65.2 Å². The van der Waals surface area contributed by atoms with E-state index >= 15 is 0 Å². The summed E-state index contributed by atoms with van der Waals surface area (Å²) in [5.74, 6) is 0.559. The maximum Gasteiger partial charge on any atom is 0.257 e. The smallest absolute Gasteiger partial charge is 0.257 e. The largest absolute Gasteiger partial charge is 0.491 e. The summed E-state index contributed by atoms with van der Waals surface area (Å²) in [5, 5.41) is 10.6. The molecule has 2 aromatic rings. The zero-order valence-electron chi connectivity index (χ0n) is 14.8. The van der Waals surface area contributed by atoms with Crippen LogP contribution in [-0.4, -0.2) is 59.7 Å². The first-order valence-corrected chi connectivity index (χ1v) is 9.19. The Bertz CT molecular complexity index is 792. The number of carbonyl (C=O) groups excluding carboxylic acids is 1. The number of amides is 1. The van der Waals surface area contributed by atoms with Crippen molar-refractivity contribution in [2.75, 3.05) is 32.8 Å². The van der Waals surface area contributed by atoms with E-state index < -0.39 is 6.10 Å². The summed E-state index contributed by atoms with van der Waals surface area (Å²) in [6, 6.07) is 15.8. The van der Waals surface area contributed by atoms with Crippen molar-refractivity contribution in [1.29, 1.82) is 0 Å². The molecular weight excluding hydrogens is 328 g/mol. The van der Waals surface area contributed by atoms with Gasteiger partial charge in [0.25, 0.3) is 5.91 Å². The highest BCUT2D eigenvalue weighted by Crippen LogP contribution is 2.23. The molecule has 5 heteroatoms. The highest BCUT2D eigenvalue weighted by molar-refractivity contribution is 5.97. The highest BCUT2D eigenvalue weighted by atomic mass is 16.5. The van der Waals surface area contributed by atoms with Crippen molar-refractivity contribution in [3.8, 4) is 5.75 Å². The van der Waals surface area contributed by atoms with Gasteiger partial charge in [-0.05, 0) is 29.7 Å². The Kier molecular flexibility index (Phi) is 4.91. The predicted octanol–water partition coefficient (Wildman–Crippen LogP) is 1.94. The first kappa shape index (κ1) is 17.1. The fourth-order valence-electron chi connectivity index (χ4n) is 3.80. The molecular formula is C21H24N2O3. The first-order valence-electron chi connectivity index (χ1n) is 9.19. The van der Waals surface area contributed by atoms with E-state index in [1.165, 1.54) is 11.1 Å². The topological polar surface area (TPSA) is 53.0 Å².